The highest BCUT2D eigenvalue weighted by Gasteiger charge is 2.40. The Labute approximate surface area is 146 Å². The summed E-state index contributed by atoms with van der Waals surface area (Å²) in [5.74, 6) is -0.330. The van der Waals surface area contributed by atoms with Gasteiger partial charge >= 0.3 is 11.9 Å². The highest BCUT2D eigenvalue weighted by atomic mass is 32.1. The monoisotopic (exact) mass is 384 g/mol. The second-order valence-electron chi connectivity index (χ2n) is 5.99. The highest BCUT2D eigenvalue weighted by molar-refractivity contribution is 7.25. The number of carbonyl (C=O) groups excluding carboxylic acids is 1. The third kappa shape index (κ3) is 2.42. The Bertz CT molecular complexity index is 1190. The molecule has 0 bridgehead atoms. The fourth-order valence-corrected chi connectivity index (χ4v) is 4.32. The summed E-state index contributed by atoms with van der Waals surface area (Å²) in [5.41, 5.74) is -2.61. The number of fused-ring (bicyclic) bond motifs is 4. The molecule has 0 aromatic carbocycles. The lowest BCUT2D eigenvalue weighted by Crippen LogP contribution is -2.36. The van der Waals surface area contributed by atoms with Gasteiger partial charge in [0.25, 0.3) is 5.56 Å². The van der Waals surface area contributed by atoms with Crippen molar-refractivity contribution in [2.24, 2.45) is 0 Å². The maximum atomic E-state index is 13.9. The Kier molecular flexibility index (Phi) is 3.48. The second-order valence-corrected chi connectivity index (χ2v) is 6.99. The van der Waals surface area contributed by atoms with E-state index >= 15 is 0 Å². The topological polar surface area (TPSA) is 98.9 Å². The maximum absolute atomic E-state index is 13.9. The van der Waals surface area contributed by atoms with Gasteiger partial charge in [0.05, 0.1) is 11.1 Å². The van der Waals surface area contributed by atoms with Gasteiger partial charge in [-0.3, -0.25) is 14.6 Å². The molecule has 1 aliphatic heterocycles. The number of halogens is 3. The van der Waals surface area contributed by atoms with Gasteiger partial charge in [-0.25, -0.2) is 9.78 Å². The number of alkyl halides is 3. The van der Waals surface area contributed by atoms with Gasteiger partial charge in [0, 0.05) is 43.1 Å². The average molecular weight is 384 g/mol. The first-order chi connectivity index (χ1) is 12.2. The number of rotatable bonds is 0. The van der Waals surface area contributed by atoms with Crippen LogP contribution in [-0.2, 0) is 23.9 Å². The number of carbonyl (C=O) groups is 1. The van der Waals surface area contributed by atoms with E-state index in [0.29, 0.717) is 0 Å². The number of hydrogen-bond acceptors (Lipinski definition) is 5. The molecule has 1 aliphatic rings. The van der Waals surface area contributed by atoms with Crippen LogP contribution in [0.4, 0.5) is 13.2 Å². The third-order valence-electron chi connectivity index (χ3n) is 4.39. The van der Waals surface area contributed by atoms with E-state index in [4.69, 9.17) is 0 Å². The number of hydrogen-bond donors (Lipinski definition) is 2. The van der Waals surface area contributed by atoms with Crippen LogP contribution in [0.5, 0.6) is 0 Å². The van der Waals surface area contributed by atoms with E-state index in [1.165, 1.54) is 11.8 Å². The fraction of sp³-hybridized carbons (Fsp3) is 0.333. The first-order valence-electron chi connectivity index (χ1n) is 7.60. The first kappa shape index (κ1) is 16.8. The van der Waals surface area contributed by atoms with Crippen LogP contribution in [0, 0.1) is 0 Å². The van der Waals surface area contributed by atoms with Gasteiger partial charge in [-0.05, 0) is 0 Å². The van der Waals surface area contributed by atoms with Crippen LogP contribution in [0.1, 0.15) is 23.7 Å². The van der Waals surface area contributed by atoms with E-state index in [9.17, 15) is 27.6 Å². The lowest BCUT2D eigenvalue weighted by atomic mass is 9.97. The molecule has 0 aliphatic carbocycles. The molecule has 136 valence electrons. The minimum atomic E-state index is -4.74. The summed E-state index contributed by atoms with van der Waals surface area (Å²) in [7, 11) is 0. The number of thiophene rings is 1. The molecule has 4 heterocycles. The molecule has 3 aromatic rings. The Morgan fingerprint density at radius 3 is 2.65 bits per heavy atom. The molecule has 3 aromatic heterocycles. The molecule has 11 heteroatoms. The Morgan fingerprint density at radius 2 is 2.00 bits per heavy atom. The Morgan fingerprint density at radius 1 is 1.27 bits per heavy atom. The minimum absolute atomic E-state index is 0.0247. The first-order valence-corrected chi connectivity index (χ1v) is 8.41. The van der Waals surface area contributed by atoms with E-state index in [2.05, 4.69) is 9.97 Å². The summed E-state index contributed by atoms with van der Waals surface area (Å²) in [4.78, 5) is 45.1. The highest BCUT2D eigenvalue weighted by Crippen LogP contribution is 2.43. The lowest BCUT2D eigenvalue weighted by molar-refractivity contribution is -0.138. The van der Waals surface area contributed by atoms with E-state index in [0.717, 1.165) is 11.3 Å². The predicted molar refractivity (Wildman–Crippen MR) is 88.2 cm³/mol. The van der Waals surface area contributed by atoms with Crippen LogP contribution in [0.15, 0.2) is 9.59 Å². The van der Waals surface area contributed by atoms with Crippen molar-refractivity contribution in [3.05, 3.63) is 37.7 Å². The molecule has 0 atom stereocenters. The third-order valence-corrected chi connectivity index (χ3v) is 5.48. The van der Waals surface area contributed by atoms with Gasteiger partial charge in [0.2, 0.25) is 5.91 Å². The summed E-state index contributed by atoms with van der Waals surface area (Å²) in [6.07, 6.45) is -4.55. The lowest BCUT2D eigenvalue weighted by Gasteiger charge is -2.29. The van der Waals surface area contributed by atoms with Crippen molar-refractivity contribution in [3.63, 3.8) is 0 Å². The van der Waals surface area contributed by atoms with E-state index in [1.807, 2.05) is 4.98 Å². The summed E-state index contributed by atoms with van der Waals surface area (Å²) in [5, 5.41) is -0.301. The minimum Gasteiger partial charge on any atom is -0.338 e. The zero-order valence-electron chi connectivity index (χ0n) is 13.3. The quantitative estimate of drug-likeness (QED) is 0.617. The molecule has 0 saturated carbocycles. The molecule has 0 fully saturated rings. The predicted octanol–water partition coefficient (Wildman–Crippen LogP) is 1.75. The molecule has 0 unspecified atom stereocenters. The number of aromatic nitrogens is 3. The van der Waals surface area contributed by atoms with E-state index < -0.39 is 23.0 Å². The van der Waals surface area contributed by atoms with E-state index in [1.54, 1.807) is 0 Å². The number of nitrogens with one attached hydrogen (secondary N) is 2. The molecule has 0 spiro atoms. The number of pyridine rings is 1. The standard InChI is InChI=1S/C15H11F3N4O3S/c1-5(23)22-3-2-7-6(4-22)9(15(16,17)18)8-10-11(26-13(8)19-7)12(24)21-14(25)20-10/h2-4H2,1H3,(H2,20,21,24,25). The largest absolute Gasteiger partial charge is 0.417 e. The van der Waals surface area contributed by atoms with Crippen molar-refractivity contribution in [3.8, 4) is 0 Å². The molecule has 26 heavy (non-hydrogen) atoms. The van der Waals surface area contributed by atoms with Crippen LogP contribution in [0.3, 0.4) is 0 Å². The van der Waals surface area contributed by atoms with Crippen molar-refractivity contribution in [2.45, 2.75) is 26.1 Å². The normalized spacial score (nSPS) is 14.8. The van der Waals surface area contributed by atoms with Crippen LogP contribution >= 0.6 is 11.3 Å². The van der Waals surface area contributed by atoms with Crippen molar-refractivity contribution in [2.75, 3.05) is 6.54 Å². The van der Waals surface area contributed by atoms with Crippen molar-refractivity contribution >= 4 is 37.7 Å². The van der Waals surface area contributed by atoms with Crippen LogP contribution in [0.2, 0.25) is 0 Å². The summed E-state index contributed by atoms with van der Waals surface area (Å²) < 4.78 is 41.8. The van der Waals surface area contributed by atoms with Crippen molar-refractivity contribution in [1.82, 2.24) is 19.9 Å². The van der Waals surface area contributed by atoms with Gasteiger partial charge < -0.3 is 9.88 Å². The zero-order chi connectivity index (χ0) is 18.8. The number of aromatic amines is 2. The molecule has 0 saturated heterocycles. The molecule has 4 rings (SSSR count). The maximum Gasteiger partial charge on any atom is 0.417 e. The van der Waals surface area contributed by atoms with Crippen molar-refractivity contribution < 1.29 is 18.0 Å². The van der Waals surface area contributed by atoms with Gasteiger partial charge in [-0.2, -0.15) is 13.2 Å². The Hall–Kier alpha value is -2.69. The molecule has 1 amide bonds. The number of H-pyrrole nitrogens is 2. The number of amides is 1. The molecular formula is C15H11F3N4O3S. The summed E-state index contributed by atoms with van der Waals surface area (Å²) >= 11 is 0.802. The smallest absolute Gasteiger partial charge is 0.338 e. The molecular weight excluding hydrogens is 373 g/mol. The van der Waals surface area contributed by atoms with Crippen LogP contribution < -0.4 is 11.2 Å². The Balaban J connectivity index is 2.17. The fourth-order valence-electron chi connectivity index (χ4n) is 3.27. The molecule has 2 N–H and O–H groups in total. The van der Waals surface area contributed by atoms with Gasteiger partial charge in [-0.15, -0.1) is 11.3 Å². The second kappa shape index (κ2) is 5.40. The zero-order valence-corrected chi connectivity index (χ0v) is 14.1. The SMILES string of the molecule is CC(=O)N1CCc2nc3sc4c(=O)[nH]c(=O)[nH]c4c3c(C(F)(F)F)c2C1. The van der Waals surface area contributed by atoms with Gasteiger partial charge in [0.15, 0.2) is 0 Å². The van der Waals surface area contributed by atoms with Crippen molar-refractivity contribution in [1.29, 1.82) is 0 Å². The van der Waals surface area contributed by atoms with Crippen LogP contribution in [-0.4, -0.2) is 32.3 Å². The average Bonchev–Trinajstić information content (AvgIpc) is 2.89. The summed E-state index contributed by atoms with van der Waals surface area (Å²) in [6, 6.07) is 0. The molecule has 7 nitrogen and oxygen atoms in total. The van der Waals surface area contributed by atoms with Gasteiger partial charge in [0.1, 0.15) is 9.53 Å². The molecule has 0 radical (unpaired) electrons. The number of nitrogens with zero attached hydrogens (tertiary/aromatic N) is 2. The van der Waals surface area contributed by atoms with E-state index in [-0.39, 0.29) is 57.1 Å². The summed E-state index contributed by atoms with van der Waals surface area (Å²) in [6.45, 7) is 1.36. The van der Waals surface area contributed by atoms with Gasteiger partial charge in [-0.1, -0.05) is 0 Å². The van der Waals surface area contributed by atoms with Crippen LogP contribution in [0.25, 0.3) is 20.4 Å².